The SMILES string of the molecule is CC(OCCCN=C(N)N1CCCCC1)c1ccccc1. The van der Waals surface area contributed by atoms with Crippen LogP contribution in [0.1, 0.15) is 44.3 Å². The molecule has 2 rings (SSSR count). The predicted octanol–water partition coefficient (Wildman–Crippen LogP) is 2.95. The maximum Gasteiger partial charge on any atom is 0.191 e. The molecule has 1 heterocycles. The second-order valence-electron chi connectivity index (χ2n) is 5.56. The van der Waals surface area contributed by atoms with Gasteiger partial charge in [-0.25, -0.2) is 0 Å². The van der Waals surface area contributed by atoms with E-state index in [2.05, 4.69) is 28.9 Å². The molecular formula is C17H27N3O. The van der Waals surface area contributed by atoms with E-state index in [0.29, 0.717) is 12.6 Å². The van der Waals surface area contributed by atoms with Crippen molar-refractivity contribution in [1.29, 1.82) is 0 Å². The van der Waals surface area contributed by atoms with E-state index in [1.165, 1.54) is 24.8 Å². The molecule has 1 atom stereocenters. The van der Waals surface area contributed by atoms with Crippen molar-refractivity contribution >= 4 is 5.96 Å². The quantitative estimate of drug-likeness (QED) is 0.497. The van der Waals surface area contributed by atoms with Crippen molar-refractivity contribution in [2.75, 3.05) is 26.2 Å². The average Bonchev–Trinajstić information content (AvgIpc) is 2.55. The van der Waals surface area contributed by atoms with Crippen LogP contribution in [0.4, 0.5) is 0 Å². The first kappa shape index (κ1) is 15.8. The lowest BCUT2D eigenvalue weighted by atomic mass is 10.1. The Morgan fingerprint density at radius 2 is 1.95 bits per heavy atom. The fourth-order valence-electron chi connectivity index (χ4n) is 2.56. The minimum atomic E-state index is 0.134. The average molecular weight is 289 g/mol. The van der Waals surface area contributed by atoms with E-state index >= 15 is 0 Å². The van der Waals surface area contributed by atoms with Crippen LogP contribution in [0.5, 0.6) is 0 Å². The summed E-state index contributed by atoms with van der Waals surface area (Å²) in [7, 11) is 0. The number of guanidine groups is 1. The lowest BCUT2D eigenvalue weighted by Crippen LogP contribution is -2.40. The largest absolute Gasteiger partial charge is 0.374 e. The van der Waals surface area contributed by atoms with Crippen molar-refractivity contribution in [2.24, 2.45) is 10.7 Å². The van der Waals surface area contributed by atoms with Gasteiger partial charge in [0.05, 0.1) is 6.10 Å². The maximum absolute atomic E-state index is 6.02. The third-order valence-corrected chi connectivity index (χ3v) is 3.89. The highest BCUT2D eigenvalue weighted by Crippen LogP contribution is 2.15. The van der Waals surface area contributed by atoms with Gasteiger partial charge in [0.2, 0.25) is 0 Å². The first-order valence-corrected chi connectivity index (χ1v) is 7.99. The van der Waals surface area contributed by atoms with Crippen molar-refractivity contribution < 1.29 is 4.74 Å². The zero-order chi connectivity index (χ0) is 14.9. The Labute approximate surface area is 128 Å². The zero-order valence-corrected chi connectivity index (χ0v) is 13.0. The van der Waals surface area contributed by atoms with E-state index in [-0.39, 0.29) is 6.10 Å². The number of piperidine rings is 1. The van der Waals surface area contributed by atoms with Gasteiger partial charge in [-0.1, -0.05) is 30.3 Å². The Morgan fingerprint density at radius 3 is 2.67 bits per heavy atom. The van der Waals surface area contributed by atoms with Gasteiger partial charge in [0.15, 0.2) is 5.96 Å². The molecule has 0 aliphatic carbocycles. The van der Waals surface area contributed by atoms with Gasteiger partial charge < -0.3 is 15.4 Å². The minimum Gasteiger partial charge on any atom is -0.374 e. The number of nitrogens with zero attached hydrogens (tertiary/aromatic N) is 2. The standard InChI is InChI=1S/C17H27N3O/c1-15(16-9-4-2-5-10-16)21-14-8-11-19-17(18)20-12-6-3-7-13-20/h2,4-5,9-10,15H,3,6-8,11-14H2,1H3,(H2,18,19). The molecule has 0 aromatic heterocycles. The molecule has 1 aromatic carbocycles. The number of hydrogen-bond donors (Lipinski definition) is 1. The summed E-state index contributed by atoms with van der Waals surface area (Å²) >= 11 is 0. The number of aliphatic imine (C=N–C) groups is 1. The molecule has 21 heavy (non-hydrogen) atoms. The highest BCUT2D eigenvalue weighted by Gasteiger charge is 2.11. The highest BCUT2D eigenvalue weighted by atomic mass is 16.5. The van der Waals surface area contributed by atoms with Gasteiger partial charge in [-0.15, -0.1) is 0 Å². The highest BCUT2D eigenvalue weighted by molar-refractivity contribution is 5.78. The number of ether oxygens (including phenoxy) is 1. The van der Waals surface area contributed by atoms with Crippen LogP contribution in [-0.4, -0.2) is 37.1 Å². The summed E-state index contributed by atoms with van der Waals surface area (Å²) in [5.74, 6) is 0.700. The summed E-state index contributed by atoms with van der Waals surface area (Å²) in [6.07, 6.45) is 4.82. The Bertz CT molecular complexity index is 427. The second-order valence-corrected chi connectivity index (χ2v) is 5.56. The van der Waals surface area contributed by atoms with Crippen LogP contribution in [-0.2, 0) is 4.74 Å². The Balaban J connectivity index is 1.63. The molecule has 4 heteroatoms. The van der Waals surface area contributed by atoms with Crippen LogP contribution in [0.3, 0.4) is 0 Å². The van der Waals surface area contributed by atoms with Crippen LogP contribution in [0.25, 0.3) is 0 Å². The van der Waals surface area contributed by atoms with Gasteiger partial charge in [0.25, 0.3) is 0 Å². The van der Waals surface area contributed by atoms with E-state index < -0.39 is 0 Å². The molecule has 1 fully saturated rings. The summed E-state index contributed by atoms with van der Waals surface area (Å²) in [5.41, 5.74) is 7.23. The molecule has 0 bridgehead atoms. The molecule has 2 N–H and O–H groups in total. The number of nitrogens with two attached hydrogens (primary N) is 1. The van der Waals surface area contributed by atoms with E-state index in [4.69, 9.17) is 10.5 Å². The topological polar surface area (TPSA) is 50.9 Å². The molecule has 0 spiro atoms. The van der Waals surface area contributed by atoms with Crippen molar-refractivity contribution in [3.8, 4) is 0 Å². The lowest BCUT2D eigenvalue weighted by molar-refractivity contribution is 0.0651. The summed E-state index contributed by atoms with van der Waals surface area (Å²) in [6, 6.07) is 10.3. The molecule has 0 radical (unpaired) electrons. The molecule has 1 unspecified atom stereocenters. The van der Waals surface area contributed by atoms with Crippen molar-refractivity contribution in [3.63, 3.8) is 0 Å². The molecule has 116 valence electrons. The van der Waals surface area contributed by atoms with Crippen LogP contribution < -0.4 is 5.73 Å². The van der Waals surface area contributed by atoms with Gasteiger partial charge in [-0.05, 0) is 38.2 Å². The lowest BCUT2D eigenvalue weighted by Gasteiger charge is -2.27. The normalized spacial score (nSPS) is 17.8. The molecule has 1 aromatic rings. The van der Waals surface area contributed by atoms with Gasteiger partial charge in [-0.2, -0.15) is 0 Å². The van der Waals surface area contributed by atoms with E-state index in [0.717, 1.165) is 26.1 Å². The smallest absolute Gasteiger partial charge is 0.191 e. The number of benzene rings is 1. The molecule has 1 saturated heterocycles. The first-order chi connectivity index (χ1) is 10.3. The Kier molecular flexibility index (Phi) is 6.54. The summed E-state index contributed by atoms with van der Waals surface area (Å²) in [4.78, 5) is 6.65. The third kappa shape index (κ3) is 5.38. The monoisotopic (exact) mass is 289 g/mol. The maximum atomic E-state index is 6.02. The van der Waals surface area contributed by atoms with Gasteiger partial charge in [0.1, 0.15) is 0 Å². The zero-order valence-electron chi connectivity index (χ0n) is 13.0. The van der Waals surface area contributed by atoms with Gasteiger partial charge in [0, 0.05) is 26.2 Å². The second kappa shape index (κ2) is 8.67. The van der Waals surface area contributed by atoms with Gasteiger partial charge in [-0.3, -0.25) is 4.99 Å². The number of rotatable bonds is 6. The summed E-state index contributed by atoms with van der Waals surface area (Å²) < 4.78 is 5.83. The Morgan fingerprint density at radius 1 is 1.24 bits per heavy atom. The summed E-state index contributed by atoms with van der Waals surface area (Å²) in [5, 5.41) is 0. The fraction of sp³-hybridized carbons (Fsp3) is 0.588. The summed E-state index contributed by atoms with van der Waals surface area (Å²) in [6.45, 7) is 5.64. The van der Waals surface area contributed by atoms with Crippen LogP contribution >= 0.6 is 0 Å². The van der Waals surface area contributed by atoms with Gasteiger partial charge >= 0.3 is 0 Å². The van der Waals surface area contributed by atoms with Crippen molar-refractivity contribution in [3.05, 3.63) is 35.9 Å². The fourth-order valence-corrected chi connectivity index (χ4v) is 2.56. The molecule has 4 nitrogen and oxygen atoms in total. The minimum absolute atomic E-state index is 0.134. The van der Waals surface area contributed by atoms with Crippen molar-refractivity contribution in [2.45, 2.75) is 38.7 Å². The van der Waals surface area contributed by atoms with Crippen molar-refractivity contribution in [1.82, 2.24) is 4.90 Å². The molecule has 0 amide bonds. The van der Waals surface area contributed by atoms with Crippen LogP contribution in [0.15, 0.2) is 35.3 Å². The predicted molar refractivity (Wildman–Crippen MR) is 87.3 cm³/mol. The third-order valence-electron chi connectivity index (χ3n) is 3.89. The molecule has 0 saturated carbocycles. The molecule has 1 aliphatic rings. The van der Waals surface area contributed by atoms with Crippen LogP contribution in [0.2, 0.25) is 0 Å². The number of hydrogen-bond acceptors (Lipinski definition) is 2. The van der Waals surface area contributed by atoms with E-state index in [1.807, 2.05) is 18.2 Å². The molecule has 1 aliphatic heterocycles. The first-order valence-electron chi connectivity index (χ1n) is 7.99. The van der Waals surface area contributed by atoms with Crippen LogP contribution in [0, 0.1) is 0 Å². The van der Waals surface area contributed by atoms with E-state index in [1.54, 1.807) is 0 Å². The Hall–Kier alpha value is -1.55. The van der Waals surface area contributed by atoms with E-state index in [9.17, 15) is 0 Å². The molecular weight excluding hydrogens is 262 g/mol. The number of likely N-dealkylation sites (tertiary alicyclic amines) is 1.